The molecule has 0 aromatic carbocycles. The van der Waals surface area contributed by atoms with E-state index in [2.05, 4.69) is 15.5 Å². The van der Waals surface area contributed by atoms with Crippen molar-refractivity contribution in [1.29, 1.82) is 0 Å². The topological polar surface area (TPSA) is 108 Å². The summed E-state index contributed by atoms with van der Waals surface area (Å²) in [4.78, 5) is 23.0. The first kappa shape index (κ1) is 15.5. The zero-order chi connectivity index (χ0) is 15.7. The van der Waals surface area contributed by atoms with Crippen LogP contribution in [0.15, 0.2) is 6.20 Å². The molecule has 0 fully saturated rings. The minimum Gasteiger partial charge on any atom is -0.403 e. The van der Waals surface area contributed by atoms with Crippen molar-refractivity contribution in [3.8, 4) is 5.75 Å². The van der Waals surface area contributed by atoms with E-state index in [1.54, 1.807) is 0 Å². The predicted octanol–water partition coefficient (Wildman–Crippen LogP) is 1.92. The maximum absolute atomic E-state index is 12.7. The molecule has 110 valence electrons. The molecule has 0 unspecified atom stereocenters. The van der Waals surface area contributed by atoms with Crippen LogP contribution in [0.25, 0.3) is 0 Å². The van der Waals surface area contributed by atoms with Crippen LogP contribution in [0.3, 0.4) is 0 Å². The average molecular weight is 301 g/mol. The molecule has 1 amide bonds. The summed E-state index contributed by atoms with van der Waals surface area (Å²) in [5.41, 5.74) is 0.134. The molecule has 0 saturated carbocycles. The molecule has 1 aromatic rings. The molecule has 0 bridgehead atoms. The van der Waals surface area contributed by atoms with E-state index in [0.717, 1.165) is 0 Å². The molecule has 0 spiro atoms. The number of primary amides is 1. The van der Waals surface area contributed by atoms with E-state index in [-0.39, 0.29) is 6.20 Å². The second-order valence-electron chi connectivity index (χ2n) is 3.20. The molecule has 1 heterocycles. The first-order valence-electron chi connectivity index (χ1n) is 4.55. The van der Waals surface area contributed by atoms with Crippen LogP contribution in [0, 0.1) is 10.1 Å². The number of halogens is 5. The molecule has 0 aliphatic rings. The van der Waals surface area contributed by atoms with Gasteiger partial charge in [0.05, 0.1) is 11.1 Å². The molecule has 1 aromatic heterocycles. The smallest absolute Gasteiger partial charge is 0.403 e. The fourth-order valence-corrected chi connectivity index (χ4v) is 1.28. The van der Waals surface area contributed by atoms with Gasteiger partial charge in [0.1, 0.15) is 5.56 Å². The number of carbonyl (C=O) groups excluding carboxylic acids is 1. The largest absolute Gasteiger partial charge is 0.573 e. The highest BCUT2D eigenvalue weighted by Gasteiger charge is 2.39. The van der Waals surface area contributed by atoms with Gasteiger partial charge in [0.2, 0.25) is 5.69 Å². The third-order valence-electron chi connectivity index (χ3n) is 1.92. The molecule has 20 heavy (non-hydrogen) atoms. The molecule has 0 atom stereocenters. The maximum atomic E-state index is 12.7. The Morgan fingerprint density at radius 3 is 2.35 bits per heavy atom. The van der Waals surface area contributed by atoms with E-state index in [1.807, 2.05) is 0 Å². The first-order valence-corrected chi connectivity index (χ1v) is 4.55. The van der Waals surface area contributed by atoms with Gasteiger partial charge in [-0.05, 0) is 0 Å². The quantitative estimate of drug-likeness (QED) is 0.519. The molecule has 0 aliphatic carbocycles. The third-order valence-corrected chi connectivity index (χ3v) is 1.92. The summed E-state index contributed by atoms with van der Waals surface area (Å²) in [6.45, 7) is 0. The molecule has 2 N–H and O–H groups in total. The Balaban J connectivity index is 3.61. The standard InChI is InChI=1S/C8H4F5N3O4/c9-6(10)3-2(20-8(11,12)13)1-15-4(7(14)17)5(3)16(18)19/h1,6H,(H2,14,17). The summed E-state index contributed by atoms with van der Waals surface area (Å²) in [6.07, 6.45) is -8.97. The predicted molar refractivity (Wildman–Crippen MR) is 51.0 cm³/mol. The van der Waals surface area contributed by atoms with Crippen molar-refractivity contribution in [2.24, 2.45) is 5.73 Å². The highest BCUT2D eigenvalue weighted by atomic mass is 19.4. The fourth-order valence-electron chi connectivity index (χ4n) is 1.28. The second kappa shape index (κ2) is 5.22. The molecule has 0 radical (unpaired) electrons. The molecular formula is C8H4F5N3O4. The number of nitrogens with zero attached hydrogens (tertiary/aromatic N) is 2. The van der Waals surface area contributed by atoms with Crippen LogP contribution >= 0.6 is 0 Å². The van der Waals surface area contributed by atoms with Gasteiger partial charge in [-0.1, -0.05) is 0 Å². The highest BCUT2D eigenvalue weighted by Crippen LogP contribution is 2.39. The van der Waals surface area contributed by atoms with E-state index < -0.39 is 46.3 Å². The van der Waals surface area contributed by atoms with Gasteiger partial charge >= 0.3 is 12.0 Å². The monoisotopic (exact) mass is 301 g/mol. The number of hydrogen-bond acceptors (Lipinski definition) is 5. The molecule has 1 rings (SSSR count). The lowest BCUT2D eigenvalue weighted by atomic mass is 10.1. The summed E-state index contributed by atoms with van der Waals surface area (Å²) in [5, 5.41) is 10.7. The summed E-state index contributed by atoms with van der Waals surface area (Å²) < 4.78 is 64.8. The van der Waals surface area contributed by atoms with Crippen molar-refractivity contribution in [3.05, 3.63) is 27.6 Å². The van der Waals surface area contributed by atoms with E-state index >= 15 is 0 Å². The van der Waals surface area contributed by atoms with Gasteiger partial charge in [-0.15, -0.1) is 13.2 Å². The number of amides is 1. The lowest BCUT2D eigenvalue weighted by Gasteiger charge is -2.13. The van der Waals surface area contributed by atoms with Gasteiger partial charge in [0, 0.05) is 0 Å². The van der Waals surface area contributed by atoms with Crippen LogP contribution in [0.4, 0.5) is 27.6 Å². The Morgan fingerprint density at radius 2 is 2.00 bits per heavy atom. The van der Waals surface area contributed by atoms with Gasteiger partial charge in [-0.25, -0.2) is 13.8 Å². The van der Waals surface area contributed by atoms with Crippen molar-refractivity contribution in [1.82, 2.24) is 4.98 Å². The Bertz CT molecular complexity index is 560. The van der Waals surface area contributed by atoms with Gasteiger partial charge in [0.15, 0.2) is 5.75 Å². The minimum absolute atomic E-state index is 0.113. The lowest BCUT2D eigenvalue weighted by Crippen LogP contribution is -2.21. The number of nitro groups is 1. The maximum Gasteiger partial charge on any atom is 0.573 e. The van der Waals surface area contributed by atoms with Gasteiger partial charge < -0.3 is 10.5 Å². The van der Waals surface area contributed by atoms with Crippen molar-refractivity contribution in [2.75, 3.05) is 0 Å². The number of nitrogens with two attached hydrogens (primary N) is 1. The Morgan fingerprint density at radius 1 is 1.45 bits per heavy atom. The number of alkyl halides is 5. The van der Waals surface area contributed by atoms with Gasteiger partial charge in [-0.2, -0.15) is 0 Å². The molecular weight excluding hydrogens is 297 g/mol. The third kappa shape index (κ3) is 3.27. The Kier molecular flexibility index (Phi) is 4.06. The normalized spacial score (nSPS) is 11.5. The van der Waals surface area contributed by atoms with Crippen molar-refractivity contribution < 1.29 is 36.4 Å². The summed E-state index contributed by atoms with van der Waals surface area (Å²) in [6, 6.07) is 0. The van der Waals surface area contributed by atoms with Crippen LogP contribution < -0.4 is 10.5 Å². The molecule has 7 nitrogen and oxygen atoms in total. The van der Waals surface area contributed by atoms with E-state index in [0.29, 0.717) is 0 Å². The molecule has 0 saturated heterocycles. The van der Waals surface area contributed by atoms with Crippen LogP contribution in [-0.4, -0.2) is 22.2 Å². The van der Waals surface area contributed by atoms with Gasteiger partial charge in [-0.3, -0.25) is 14.9 Å². The van der Waals surface area contributed by atoms with Crippen LogP contribution in [0.1, 0.15) is 22.5 Å². The number of ether oxygens (including phenoxy) is 1. The summed E-state index contributed by atoms with van der Waals surface area (Å²) in [5.74, 6) is -3.12. The van der Waals surface area contributed by atoms with Crippen LogP contribution in [0.2, 0.25) is 0 Å². The highest BCUT2D eigenvalue weighted by molar-refractivity contribution is 5.95. The fraction of sp³-hybridized carbons (Fsp3) is 0.250. The average Bonchev–Trinajstić information content (AvgIpc) is 2.24. The second-order valence-corrected chi connectivity index (χ2v) is 3.20. The zero-order valence-electron chi connectivity index (χ0n) is 9.15. The minimum atomic E-state index is -5.37. The van der Waals surface area contributed by atoms with E-state index in [4.69, 9.17) is 0 Å². The number of rotatable bonds is 4. The first-order chi connectivity index (χ1) is 9.04. The lowest BCUT2D eigenvalue weighted by molar-refractivity contribution is -0.387. The molecule has 12 heteroatoms. The van der Waals surface area contributed by atoms with Crippen molar-refractivity contribution >= 4 is 11.6 Å². The van der Waals surface area contributed by atoms with Crippen LogP contribution in [0.5, 0.6) is 5.75 Å². The van der Waals surface area contributed by atoms with Crippen molar-refractivity contribution in [3.63, 3.8) is 0 Å². The van der Waals surface area contributed by atoms with Gasteiger partial charge in [0.25, 0.3) is 12.3 Å². The zero-order valence-corrected chi connectivity index (χ0v) is 9.15. The SMILES string of the molecule is NC(=O)c1ncc(OC(F)(F)F)c(C(F)F)c1[N+](=O)[O-]. The van der Waals surface area contributed by atoms with Crippen molar-refractivity contribution in [2.45, 2.75) is 12.8 Å². The summed E-state index contributed by atoms with van der Waals surface area (Å²) >= 11 is 0. The van der Waals surface area contributed by atoms with Crippen LogP contribution in [-0.2, 0) is 0 Å². The Labute approximate surface area is 106 Å². The number of pyridine rings is 1. The van der Waals surface area contributed by atoms with E-state index in [1.165, 1.54) is 0 Å². The number of aromatic nitrogens is 1. The summed E-state index contributed by atoms with van der Waals surface area (Å²) in [7, 11) is 0. The van der Waals surface area contributed by atoms with E-state index in [9.17, 15) is 36.9 Å². The number of hydrogen-bond donors (Lipinski definition) is 1. The number of carbonyl (C=O) groups is 1. The molecule has 0 aliphatic heterocycles. The Hall–Kier alpha value is -2.53.